The number of rotatable bonds is 3. The second kappa shape index (κ2) is 3.84. The number of hydrogen-bond acceptors (Lipinski definition) is 3. The lowest BCUT2D eigenvalue weighted by Crippen LogP contribution is -2.08. The highest BCUT2D eigenvalue weighted by molar-refractivity contribution is 5.74. The molecule has 0 bridgehead atoms. The van der Waals surface area contributed by atoms with Gasteiger partial charge >= 0.3 is 5.97 Å². The SMILES string of the molecule is Cc1[nH]c(C(C)C(=O)O)nc1-c1ccco1. The first-order chi connectivity index (χ1) is 7.59. The summed E-state index contributed by atoms with van der Waals surface area (Å²) in [5, 5.41) is 8.88. The van der Waals surface area contributed by atoms with Crippen molar-refractivity contribution in [3.8, 4) is 11.5 Å². The maximum absolute atomic E-state index is 10.8. The molecular weight excluding hydrogens is 208 g/mol. The van der Waals surface area contributed by atoms with Gasteiger partial charge in [0, 0.05) is 5.69 Å². The van der Waals surface area contributed by atoms with Crippen molar-refractivity contribution in [3.05, 3.63) is 29.9 Å². The van der Waals surface area contributed by atoms with E-state index in [-0.39, 0.29) is 0 Å². The maximum Gasteiger partial charge on any atom is 0.313 e. The molecule has 0 saturated heterocycles. The molecule has 1 atom stereocenters. The molecule has 16 heavy (non-hydrogen) atoms. The van der Waals surface area contributed by atoms with Gasteiger partial charge in [0.25, 0.3) is 0 Å². The summed E-state index contributed by atoms with van der Waals surface area (Å²) in [6, 6.07) is 3.56. The normalized spacial score (nSPS) is 12.6. The largest absolute Gasteiger partial charge is 0.481 e. The minimum atomic E-state index is -0.903. The molecule has 2 rings (SSSR count). The minimum Gasteiger partial charge on any atom is -0.481 e. The number of imidazole rings is 1. The molecule has 84 valence electrons. The van der Waals surface area contributed by atoms with E-state index in [1.165, 1.54) is 0 Å². The number of hydrogen-bond donors (Lipinski definition) is 2. The highest BCUT2D eigenvalue weighted by Gasteiger charge is 2.20. The first-order valence-electron chi connectivity index (χ1n) is 4.92. The van der Waals surface area contributed by atoms with E-state index in [2.05, 4.69) is 9.97 Å². The zero-order chi connectivity index (χ0) is 11.7. The number of carbonyl (C=O) groups is 1. The van der Waals surface area contributed by atoms with Gasteiger partial charge in [0.2, 0.25) is 0 Å². The van der Waals surface area contributed by atoms with E-state index in [4.69, 9.17) is 9.52 Å². The number of carboxylic acid groups (broad SMARTS) is 1. The third kappa shape index (κ3) is 1.71. The van der Waals surface area contributed by atoms with Gasteiger partial charge in [-0.3, -0.25) is 4.79 Å². The van der Waals surface area contributed by atoms with Crippen LogP contribution in [0.1, 0.15) is 24.4 Å². The molecule has 0 aliphatic carbocycles. The predicted molar refractivity (Wildman–Crippen MR) is 57.1 cm³/mol. The van der Waals surface area contributed by atoms with Crippen molar-refractivity contribution in [2.24, 2.45) is 0 Å². The molecule has 0 saturated carbocycles. The summed E-state index contributed by atoms with van der Waals surface area (Å²) in [5.41, 5.74) is 1.46. The van der Waals surface area contributed by atoms with Crippen LogP contribution in [0.5, 0.6) is 0 Å². The van der Waals surface area contributed by atoms with Crippen LogP contribution >= 0.6 is 0 Å². The second-order valence-corrected chi connectivity index (χ2v) is 3.63. The number of aromatic amines is 1. The monoisotopic (exact) mass is 220 g/mol. The van der Waals surface area contributed by atoms with E-state index in [0.717, 1.165) is 5.69 Å². The third-order valence-corrected chi connectivity index (χ3v) is 2.44. The molecule has 0 aliphatic heterocycles. The fourth-order valence-corrected chi connectivity index (χ4v) is 1.46. The number of aryl methyl sites for hydroxylation is 1. The fraction of sp³-hybridized carbons (Fsp3) is 0.273. The number of carboxylic acids is 1. The Labute approximate surface area is 92.1 Å². The highest BCUT2D eigenvalue weighted by atomic mass is 16.4. The first kappa shape index (κ1) is 10.5. The maximum atomic E-state index is 10.8. The Bertz CT molecular complexity index is 499. The van der Waals surface area contributed by atoms with E-state index in [1.807, 2.05) is 6.92 Å². The van der Waals surface area contributed by atoms with E-state index in [9.17, 15) is 4.79 Å². The molecule has 1 unspecified atom stereocenters. The zero-order valence-corrected chi connectivity index (χ0v) is 9.02. The van der Waals surface area contributed by atoms with Crippen molar-refractivity contribution < 1.29 is 14.3 Å². The summed E-state index contributed by atoms with van der Waals surface area (Å²) in [5.74, 6) is -0.476. The summed E-state index contributed by atoms with van der Waals surface area (Å²) in [6.45, 7) is 3.43. The first-order valence-corrected chi connectivity index (χ1v) is 4.92. The Kier molecular flexibility index (Phi) is 2.52. The van der Waals surface area contributed by atoms with Gasteiger partial charge in [0.15, 0.2) is 5.76 Å². The summed E-state index contributed by atoms with van der Waals surface area (Å²) in [6.07, 6.45) is 1.56. The quantitative estimate of drug-likeness (QED) is 0.830. The fourth-order valence-electron chi connectivity index (χ4n) is 1.46. The predicted octanol–water partition coefficient (Wildman–Crippen LogP) is 2.17. The summed E-state index contributed by atoms with van der Waals surface area (Å²) in [4.78, 5) is 18.0. The molecule has 0 radical (unpaired) electrons. The number of H-pyrrole nitrogens is 1. The molecular formula is C11H12N2O3. The van der Waals surface area contributed by atoms with E-state index >= 15 is 0 Å². The van der Waals surface area contributed by atoms with Crippen LogP contribution in [0.4, 0.5) is 0 Å². The zero-order valence-electron chi connectivity index (χ0n) is 9.02. The number of aliphatic carboxylic acids is 1. The Hall–Kier alpha value is -2.04. The van der Waals surface area contributed by atoms with E-state index in [0.29, 0.717) is 17.3 Å². The third-order valence-electron chi connectivity index (χ3n) is 2.44. The molecule has 5 heteroatoms. The summed E-state index contributed by atoms with van der Waals surface area (Å²) >= 11 is 0. The smallest absolute Gasteiger partial charge is 0.313 e. The molecule has 2 aromatic rings. The van der Waals surface area contributed by atoms with Crippen LogP contribution in [-0.4, -0.2) is 21.0 Å². The van der Waals surface area contributed by atoms with Gasteiger partial charge in [-0.25, -0.2) is 4.98 Å². The lowest BCUT2D eigenvalue weighted by atomic mass is 10.2. The van der Waals surface area contributed by atoms with Crippen molar-refractivity contribution in [1.29, 1.82) is 0 Å². The number of aromatic nitrogens is 2. The standard InChI is InChI=1S/C11H12N2O3/c1-6(11(14)15)10-12-7(2)9(13-10)8-4-3-5-16-8/h3-6H,1-2H3,(H,12,13)(H,14,15). The Balaban J connectivity index is 2.40. The van der Waals surface area contributed by atoms with Gasteiger partial charge in [-0.15, -0.1) is 0 Å². The van der Waals surface area contributed by atoms with Crippen molar-refractivity contribution >= 4 is 5.97 Å². The molecule has 0 amide bonds. The lowest BCUT2D eigenvalue weighted by molar-refractivity contribution is -0.138. The molecule has 0 fully saturated rings. The van der Waals surface area contributed by atoms with Crippen LogP contribution in [0, 0.1) is 6.92 Å². The van der Waals surface area contributed by atoms with Crippen LogP contribution in [0.2, 0.25) is 0 Å². The summed E-state index contributed by atoms with van der Waals surface area (Å²) < 4.78 is 5.22. The molecule has 5 nitrogen and oxygen atoms in total. The van der Waals surface area contributed by atoms with Gasteiger partial charge in [-0.2, -0.15) is 0 Å². The van der Waals surface area contributed by atoms with Crippen molar-refractivity contribution in [2.75, 3.05) is 0 Å². The molecule has 2 heterocycles. The van der Waals surface area contributed by atoms with Gasteiger partial charge in [-0.05, 0) is 26.0 Å². The van der Waals surface area contributed by atoms with Gasteiger partial charge in [0.05, 0.1) is 6.26 Å². The van der Waals surface area contributed by atoms with E-state index < -0.39 is 11.9 Å². The Morgan fingerprint density at radius 3 is 2.94 bits per heavy atom. The second-order valence-electron chi connectivity index (χ2n) is 3.63. The van der Waals surface area contributed by atoms with Crippen LogP contribution < -0.4 is 0 Å². The van der Waals surface area contributed by atoms with Gasteiger partial charge in [-0.1, -0.05) is 0 Å². The van der Waals surface area contributed by atoms with Gasteiger partial charge in [0.1, 0.15) is 17.4 Å². The highest BCUT2D eigenvalue weighted by Crippen LogP contribution is 2.24. The van der Waals surface area contributed by atoms with Crippen LogP contribution in [0.25, 0.3) is 11.5 Å². The van der Waals surface area contributed by atoms with Crippen molar-refractivity contribution in [3.63, 3.8) is 0 Å². The number of nitrogens with zero attached hydrogens (tertiary/aromatic N) is 1. The van der Waals surface area contributed by atoms with Crippen molar-refractivity contribution in [2.45, 2.75) is 19.8 Å². The lowest BCUT2D eigenvalue weighted by Gasteiger charge is -1.99. The molecule has 0 aromatic carbocycles. The molecule has 0 spiro atoms. The Morgan fingerprint density at radius 1 is 1.62 bits per heavy atom. The molecule has 2 N–H and O–H groups in total. The topological polar surface area (TPSA) is 79.1 Å². The Morgan fingerprint density at radius 2 is 2.38 bits per heavy atom. The van der Waals surface area contributed by atoms with Gasteiger partial charge < -0.3 is 14.5 Å². The van der Waals surface area contributed by atoms with Crippen LogP contribution in [-0.2, 0) is 4.79 Å². The van der Waals surface area contributed by atoms with E-state index in [1.54, 1.807) is 25.3 Å². The minimum absolute atomic E-state index is 0.441. The number of furan rings is 1. The molecule has 2 aromatic heterocycles. The van der Waals surface area contributed by atoms with Crippen molar-refractivity contribution in [1.82, 2.24) is 9.97 Å². The average molecular weight is 220 g/mol. The molecule has 0 aliphatic rings. The average Bonchev–Trinajstić information content (AvgIpc) is 2.84. The summed E-state index contributed by atoms with van der Waals surface area (Å²) in [7, 11) is 0. The van der Waals surface area contributed by atoms with Crippen LogP contribution in [0.3, 0.4) is 0 Å². The van der Waals surface area contributed by atoms with Crippen LogP contribution in [0.15, 0.2) is 22.8 Å². The number of nitrogens with one attached hydrogen (secondary N) is 1.